The second-order valence-corrected chi connectivity index (χ2v) is 5.28. The van der Waals surface area contributed by atoms with Crippen LogP contribution in [0.5, 0.6) is 0 Å². The molecule has 3 N–H and O–H groups in total. The van der Waals surface area contributed by atoms with Crippen LogP contribution >= 0.6 is 0 Å². The lowest BCUT2D eigenvalue weighted by molar-refractivity contribution is -0.123. The van der Waals surface area contributed by atoms with Gasteiger partial charge in [0.1, 0.15) is 5.82 Å². The molecule has 1 aliphatic carbocycles. The van der Waals surface area contributed by atoms with E-state index in [9.17, 15) is 9.18 Å². The zero-order valence-corrected chi connectivity index (χ0v) is 11.1. The predicted octanol–water partition coefficient (Wildman–Crippen LogP) is 2.14. The first kappa shape index (κ1) is 14.0. The molecule has 0 bridgehead atoms. The normalized spacial score (nSPS) is 18.0. The molecule has 1 aromatic carbocycles. The molecule has 0 saturated heterocycles. The van der Waals surface area contributed by atoms with Gasteiger partial charge < -0.3 is 11.1 Å². The van der Waals surface area contributed by atoms with E-state index >= 15 is 0 Å². The quantitative estimate of drug-likeness (QED) is 0.875. The molecule has 1 aromatic rings. The van der Waals surface area contributed by atoms with Crippen LogP contribution in [0.1, 0.15) is 37.7 Å². The molecule has 19 heavy (non-hydrogen) atoms. The van der Waals surface area contributed by atoms with Crippen molar-refractivity contribution in [3.8, 4) is 0 Å². The van der Waals surface area contributed by atoms with Gasteiger partial charge in [-0.25, -0.2) is 4.39 Å². The molecule has 2 rings (SSSR count). The number of nitrogens with one attached hydrogen (secondary N) is 1. The second-order valence-electron chi connectivity index (χ2n) is 5.28. The second kappa shape index (κ2) is 6.66. The lowest BCUT2D eigenvalue weighted by Gasteiger charge is -2.24. The molecule has 0 aromatic heterocycles. The number of hydrogen-bond donors (Lipinski definition) is 2. The fraction of sp³-hybridized carbons (Fsp3) is 0.533. The van der Waals surface area contributed by atoms with E-state index in [1.165, 1.54) is 31.4 Å². The average molecular weight is 264 g/mol. The molecule has 1 atom stereocenters. The Kier molecular flexibility index (Phi) is 4.91. The Morgan fingerprint density at radius 3 is 2.53 bits per heavy atom. The highest BCUT2D eigenvalue weighted by Gasteiger charge is 2.20. The molecule has 1 amide bonds. The van der Waals surface area contributed by atoms with Gasteiger partial charge in [-0.3, -0.25) is 4.79 Å². The molecule has 0 heterocycles. The van der Waals surface area contributed by atoms with E-state index in [1.807, 2.05) is 0 Å². The molecule has 0 radical (unpaired) electrons. The first-order valence-electron chi connectivity index (χ1n) is 6.95. The van der Waals surface area contributed by atoms with Gasteiger partial charge in [0, 0.05) is 6.04 Å². The Hall–Kier alpha value is -1.42. The van der Waals surface area contributed by atoms with Crippen LogP contribution in [0.15, 0.2) is 24.3 Å². The van der Waals surface area contributed by atoms with E-state index in [1.54, 1.807) is 12.1 Å². The maximum atomic E-state index is 12.8. The van der Waals surface area contributed by atoms with E-state index in [2.05, 4.69) is 5.32 Å². The zero-order chi connectivity index (χ0) is 13.7. The number of amides is 1. The molecule has 104 valence electrons. The lowest BCUT2D eigenvalue weighted by Crippen LogP contribution is -2.46. The van der Waals surface area contributed by atoms with Crippen LogP contribution in [-0.4, -0.2) is 18.0 Å². The van der Waals surface area contributed by atoms with Crippen LogP contribution in [0.3, 0.4) is 0 Å². The minimum Gasteiger partial charge on any atom is -0.352 e. The summed E-state index contributed by atoms with van der Waals surface area (Å²) in [5.74, 6) is -0.375. The van der Waals surface area contributed by atoms with Crippen LogP contribution in [0, 0.1) is 5.82 Å². The number of carbonyl (C=O) groups excluding carboxylic acids is 1. The largest absolute Gasteiger partial charge is 0.352 e. The first-order valence-corrected chi connectivity index (χ1v) is 6.95. The van der Waals surface area contributed by atoms with E-state index in [4.69, 9.17) is 5.73 Å². The zero-order valence-electron chi connectivity index (χ0n) is 11.1. The summed E-state index contributed by atoms with van der Waals surface area (Å²) in [5, 5.41) is 3.01. The van der Waals surface area contributed by atoms with Gasteiger partial charge in [0.2, 0.25) is 5.91 Å². The fourth-order valence-corrected chi connectivity index (χ4v) is 2.52. The number of nitrogens with two attached hydrogens (primary N) is 1. The Morgan fingerprint density at radius 2 is 1.89 bits per heavy atom. The molecular weight excluding hydrogens is 243 g/mol. The van der Waals surface area contributed by atoms with Gasteiger partial charge in [-0.1, -0.05) is 31.4 Å². The summed E-state index contributed by atoms with van der Waals surface area (Å²) >= 11 is 0. The van der Waals surface area contributed by atoms with Gasteiger partial charge in [-0.2, -0.15) is 0 Å². The van der Waals surface area contributed by atoms with Crippen LogP contribution in [0.4, 0.5) is 4.39 Å². The van der Waals surface area contributed by atoms with Crippen molar-refractivity contribution in [3.05, 3.63) is 35.6 Å². The third-order valence-electron chi connectivity index (χ3n) is 3.66. The topological polar surface area (TPSA) is 55.1 Å². The van der Waals surface area contributed by atoms with Gasteiger partial charge in [-0.15, -0.1) is 0 Å². The molecule has 0 unspecified atom stereocenters. The standard InChI is InChI=1S/C15H21FN2O/c16-12-8-6-11(7-9-12)10-14(17)15(19)18-13-4-2-1-3-5-13/h6-9,13-14H,1-5,10,17H2,(H,18,19)/t14-/m0/s1. The molecule has 3 nitrogen and oxygen atoms in total. The minimum absolute atomic E-state index is 0.101. The maximum Gasteiger partial charge on any atom is 0.237 e. The highest BCUT2D eigenvalue weighted by Crippen LogP contribution is 2.17. The Labute approximate surface area is 113 Å². The summed E-state index contributed by atoms with van der Waals surface area (Å²) < 4.78 is 12.8. The molecular formula is C15H21FN2O. The number of halogens is 1. The highest BCUT2D eigenvalue weighted by atomic mass is 19.1. The number of rotatable bonds is 4. The molecule has 0 spiro atoms. The minimum atomic E-state index is -0.563. The van der Waals surface area contributed by atoms with Gasteiger partial charge in [0.15, 0.2) is 0 Å². The average Bonchev–Trinajstić information content (AvgIpc) is 2.42. The third kappa shape index (κ3) is 4.31. The Bertz CT molecular complexity index is 413. The van der Waals surface area contributed by atoms with Gasteiger partial charge in [0.05, 0.1) is 6.04 Å². The van der Waals surface area contributed by atoms with Gasteiger partial charge >= 0.3 is 0 Å². The smallest absolute Gasteiger partial charge is 0.237 e. The molecule has 1 fully saturated rings. The van der Waals surface area contributed by atoms with Crippen molar-refractivity contribution in [1.82, 2.24) is 5.32 Å². The lowest BCUT2D eigenvalue weighted by atomic mass is 9.95. The summed E-state index contributed by atoms with van der Waals surface area (Å²) in [6, 6.07) is 5.84. The van der Waals surface area contributed by atoms with Crippen LogP contribution in [-0.2, 0) is 11.2 Å². The number of hydrogen-bond acceptors (Lipinski definition) is 2. The summed E-state index contributed by atoms with van der Waals surface area (Å²) in [6.07, 6.45) is 6.16. The molecule has 1 aliphatic rings. The predicted molar refractivity (Wildman–Crippen MR) is 73.1 cm³/mol. The van der Waals surface area contributed by atoms with E-state index in [0.717, 1.165) is 18.4 Å². The fourth-order valence-electron chi connectivity index (χ4n) is 2.52. The van der Waals surface area contributed by atoms with Crippen molar-refractivity contribution in [3.63, 3.8) is 0 Å². The highest BCUT2D eigenvalue weighted by molar-refractivity contribution is 5.82. The van der Waals surface area contributed by atoms with Crippen molar-refractivity contribution in [2.75, 3.05) is 0 Å². The van der Waals surface area contributed by atoms with Crippen LogP contribution < -0.4 is 11.1 Å². The maximum absolute atomic E-state index is 12.8. The summed E-state index contributed by atoms with van der Waals surface area (Å²) in [7, 11) is 0. The first-order chi connectivity index (χ1) is 9.15. The summed E-state index contributed by atoms with van der Waals surface area (Å²) in [6.45, 7) is 0. The van der Waals surface area contributed by atoms with Crippen molar-refractivity contribution in [1.29, 1.82) is 0 Å². The van der Waals surface area contributed by atoms with Gasteiger partial charge in [0.25, 0.3) is 0 Å². The summed E-state index contributed by atoms with van der Waals surface area (Å²) in [4.78, 5) is 12.0. The van der Waals surface area contributed by atoms with Crippen molar-refractivity contribution in [2.45, 2.75) is 50.6 Å². The molecule has 4 heteroatoms. The third-order valence-corrected chi connectivity index (χ3v) is 3.66. The van der Waals surface area contributed by atoms with Crippen molar-refractivity contribution in [2.24, 2.45) is 5.73 Å². The van der Waals surface area contributed by atoms with Crippen molar-refractivity contribution >= 4 is 5.91 Å². The van der Waals surface area contributed by atoms with E-state index < -0.39 is 6.04 Å². The van der Waals surface area contributed by atoms with E-state index in [0.29, 0.717) is 6.42 Å². The SMILES string of the molecule is N[C@@H](Cc1ccc(F)cc1)C(=O)NC1CCCCC1. The number of carbonyl (C=O) groups is 1. The van der Waals surface area contributed by atoms with Gasteiger partial charge in [-0.05, 0) is 37.0 Å². The summed E-state index contributed by atoms with van der Waals surface area (Å²) in [5.41, 5.74) is 6.78. The van der Waals surface area contributed by atoms with E-state index in [-0.39, 0.29) is 17.8 Å². The van der Waals surface area contributed by atoms with Crippen molar-refractivity contribution < 1.29 is 9.18 Å². The number of benzene rings is 1. The van der Waals surface area contributed by atoms with Crippen LogP contribution in [0.2, 0.25) is 0 Å². The van der Waals surface area contributed by atoms with Crippen LogP contribution in [0.25, 0.3) is 0 Å². The Balaban J connectivity index is 1.83. The Morgan fingerprint density at radius 1 is 1.26 bits per heavy atom. The molecule has 1 saturated carbocycles. The monoisotopic (exact) mass is 264 g/mol. The molecule has 0 aliphatic heterocycles.